The van der Waals surface area contributed by atoms with Crippen LogP contribution in [0.15, 0.2) is 24.3 Å². The Hall–Kier alpha value is -1.75. The number of carbonyl (C=O) groups is 1. The van der Waals surface area contributed by atoms with Crippen LogP contribution in [0.25, 0.3) is 0 Å². The highest BCUT2D eigenvalue weighted by molar-refractivity contribution is 5.86. The van der Waals surface area contributed by atoms with E-state index < -0.39 is 0 Å². The SMILES string of the molecule is CCCCCCCCCCOc1ccccc1NC(=O)O[C@@H]1CCC[C@@H]1CN(C)C. The molecule has 0 aliphatic heterocycles. The molecule has 0 heterocycles. The Kier molecular flexibility index (Phi) is 11.7. The van der Waals surface area contributed by atoms with Gasteiger partial charge in [-0.3, -0.25) is 5.32 Å². The van der Waals surface area contributed by atoms with E-state index in [1.165, 1.54) is 44.9 Å². The average molecular weight is 419 g/mol. The van der Waals surface area contributed by atoms with Crippen molar-refractivity contribution in [2.45, 2.75) is 83.7 Å². The molecule has 2 atom stereocenters. The van der Waals surface area contributed by atoms with Crippen LogP contribution in [-0.2, 0) is 4.74 Å². The van der Waals surface area contributed by atoms with Crippen molar-refractivity contribution in [1.82, 2.24) is 4.90 Å². The fourth-order valence-corrected chi connectivity index (χ4v) is 4.23. The highest BCUT2D eigenvalue weighted by Crippen LogP contribution is 2.30. The molecule has 1 aliphatic rings. The number of hydrogen-bond acceptors (Lipinski definition) is 4. The number of carbonyl (C=O) groups excluding carboxylic acids is 1. The van der Waals surface area contributed by atoms with Crippen molar-refractivity contribution in [3.63, 3.8) is 0 Å². The van der Waals surface area contributed by atoms with E-state index in [-0.39, 0.29) is 12.2 Å². The normalized spacial score (nSPS) is 18.5. The number of rotatable bonds is 14. The monoisotopic (exact) mass is 418 g/mol. The third kappa shape index (κ3) is 9.38. The summed E-state index contributed by atoms with van der Waals surface area (Å²) in [6.07, 6.45) is 13.0. The molecule has 1 aromatic carbocycles. The lowest BCUT2D eigenvalue weighted by Gasteiger charge is -2.23. The van der Waals surface area contributed by atoms with E-state index in [0.29, 0.717) is 24.0 Å². The van der Waals surface area contributed by atoms with Gasteiger partial charge < -0.3 is 14.4 Å². The molecule has 0 radical (unpaired) electrons. The van der Waals surface area contributed by atoms with E-state index in [9.17, 15) is 4.79 Å². The van der Waals surface area contributed by atoms with Crippen LogP contribution in [0.2, 0.25) is 0 Å². The fourth-order valence-electron chi connectivity index (χ4n) is 4.23. The summed E-state index contributed by atoms with van der Waals surface area (Å²) >= 11 is 0. The summed E-state index contributed by atoms with van der Waals surface area (Å²) in [7, 11) is 4.13. The number of unbranched alkanes of at least 4 members (excludes halogenated alkanes) is 7. The summed E-state index contributed by atoms with van der Waals surface area (Å²) in [5.41, 5.74) is 0.684. The zero-order valence-electron chi connectivity index (χ0n) is 19.3. The van der Waals surface area contributed by atoms with Gasteiger partial charge in [-0.25, -0.2) is 4.79 Å². The predicted molar refractivity (Wildman–Crippen MR) is 124 cm³/mol. The minimum Gasteiger partial charge on any atom is -0.491 e. The van der Waals surface area contributed by atoms with E-state index in [1.807, 2.05) is 24.3 Å². The van der Waals surface area contributed by atoms with Crippen LogP contribution in [-0.4, -0.2) is 44.3 Å². The Bertz CT molecular complexity index is 606. The molecule has 170 valence electrons. The van der Waals surface area contributed by atoms with Crippen LogP contribution in [0.5, 0.6) is 5.75 Å². The van der Waals surface area contributed by atoms with Gasteiger partial charge in [-0.1, -0.05) is 64.0 Å². The van der Waals surface area contributed by atoms with Crippen molar-refractivity contribution in [3.05, 3.63) is 24.3 Å². The van der Waals surface area contributed by atoms with Crippen LogP contribution in [0.3, 0.4) is 0 Å². The highest BCUT2D eigenvalue weighted by Gasteiger charge is 2.30. The standard InChI is InChI=1S/C25H42N2O3/c1-4-5-6-7-8-9-10-13-19-29-24-17-12-11-16-22(24)26-25(28)30-23-18-14-15-21(23)20-27(2)3/h11-12,16-17,21,23H,4-10,13-15,18-20H2,1-3H3,(H,26,28)/t21-,23-/m1/s1. The van der Waals surface area contributed by atoms with Gasteiger partial charge in [-0.2, -0.15) is 0 Å². The van der Waals surface area contributed by atoms with Crippen LogP contribution in [0, 0.1) is 5.92 Å². The van der Waals surface area contributed by atoms with Crippen molar-refractivity contribution in [1.29, 1.82) is 0 Å². The van der Waals surface area contributed by atoms with Crippen LogP contribution >= 0.6 is 0 Å². The van der Waals surface area contributed by atoms with Crippen LogP contribution in [0.4, 0.5) is 10.5 Å². The summed E-state index contributed by atoms with van der Waals surface area (Å²) < 4.78 is 11.7. The van der Waals surface area contributed by atoms with Crippen molar-refractivity contribution >= 4 is 11.8 Å². The minimum atomic E-state index is -0.381. The molecule has 1 aromatic rings. The number of nitrogens with zero attached hydrogens (tertiary/aromatic N) is 1. The predicted octanol–water partition coefficient (Wildman–Crippen LogP) is 6.48. The van der Waals surface area contributed by atoms with E-state index >= 15 is 0 Å². The number of amides is 1. The maximum atomic E-state index is 12.5. The average Bonchev–Trinajstić information content (AvgIpc) is 3.13. The number of anilines is 1. The Morgan fingerprint density at radius 3 is 2.47 bits per heavy atom. The molecular formula is C25H42N2O3. The smallest absolute Gasteiger partial charge is 0.412 e. The number of nitrogens with one attached hydrogen (secondary N) is 1. The van der Waals surface area contributed by atoms with Gasteiger partial charge in [-0.15, -0.1) is 0 Å². The third-order valence-corrected chi connectivity index (χ3v) is 5.83. The van der Waals surface area contributed by atoms with E-state index in [1.54, 1.807) is 0 Å². The summed E-state index contributed by atoms with van der Waals surface area (Å²) in [4.78, 5) is 14.6. The molecule has 0 bridgehead atoms. The van der Waals surface area contributed by atoms with E-state index in [0.717, 1.165) is 32.2 Å². The van der Waals surface area contributed by atoms with Gasteiger partial charge in [0.05, 0.1) is 12.3 Å². The first-order valence-electron chi connectivity index (χ1n) is 11.9. The molecule has 0 unspecified atom stereocenters. The summed E-state index contributed by atoms with van der Waals surface area (Å²) in [5.74, 6) is 1.13. The molecule has 5 heteroatoms. The molecule has 5 nitrogen and oxygen atoms in total. The Morgan fingerprint density at radius 2 is 1.73 bits per heavy atom. The van der Waals surface area contributed by atoms with Gasteiger partial charge in [0.15, 0.2) is 0 Å². The Labute approximate surface area is 183 Å². The number of hydrogen-bond donors (Lipinski definition) is 1. The van der Waals surface area contributed by atoms with Gasteiger partial charge in [-0.05, 0) is 51.9 Å². The molecule has 2 rings (SSSR count). The van der Waals surface area contributed by atoms with Gasteiger partial charge in [0.2, 0.25) is 0 Å². The fraction of sp³-hybridized carbons (Fsp3) is 0.720. The first-order chi connectivity index (χ1) is 14.6. The van der Waals surface area contributed by atoms with Gasteiger partial charge in [0.25, 0.3) is 0 Å². The van der Waals surface area contributed by atoms with Crippen LogP contribution < -0.4 is 10.1 Å². The number of ether oxygens (including phenoxy) is 2. The third-order valence-electron chi connectivity index (χ3n) is 5.83. The first-order valence-corrected chi connectivity index (χ1v) is 11.9. The zero-order valence-corrected chi connectivity index (χ0v) is 19.3. The van der Waals surface area contributed by atoms with Crippen molar-refractivity contribution in [3.8, 4) is 5.75 Å². The van der Waals surface area contributed by atoms with Gasteiger partial charge >= 0.3 is 6.09 Å². The first kappa shape index (κ1) is 24.5. The second-order valence-electron chi connectivity index (χ2n) is 8.84. The quantitative estimate of drug-likeness (QED) is 0.351. The largest absolute Gasteiger partial charge is 0.491 e. The molecular weight excluding hydrogens is 376 g/mol. The van der Waals surface area contributed by atoms with E-state index in [4.69, 9.17) is 9.47 Å². The molecule has 0 aromatic heterocycles. The molecule has 0 saturated heterocycles. The zero-order chi connectivity index (χ0) is 21.6. The van der Waals surface area contributed by atoms with Crippen LogP contribution in [0.1, 0.15) is 77.6 Å². The Balaban J connectivity index is 1.70. The van der Waals surface area contributed by atoms with E-state index in [2.05, 4.69) is 31.2 Å². The number of benzene rings is 1. The lowest BCUT2D eigenvalue weighted by atomic mass is 10.1. The minimum absolute atomic E-state index is 0.00203. The molecule has 1 amide bonds. The lowest BCUT2D eigenvalue weighted by molar-refractivity contribution is 0.0780. The maximum absolute atomic E-state index is 12.5. The van der Waals surface area contributed by atoms with Crippen molar-refractivity contribution in [2.24, 2.45) is 5.92 Å². The summed E-state index contributed by atoms with van der Waals surface area (Å²) in [5, 5.41) is 2.89. The second kappa shape index (κ2) is 14.3. The molecule has 30 heavy (non-hydrogen) atoms. The van der Waals surface area contributed by atoms with Crippen molar-refractivity contribution in [2.75, 3.05) is 32.6 Å². The van der Waals surface area contributed by atoms with Crippen molar-refractivity contribution < 1.29 is 14.3 Å². The molecule has 1 N–H and O–H groups in total. The second-order valence-corrected chi connectivity index (χ2v) is 8.84. The summed E-state index contributed by atoms with van der Waals surface area (Å²) in [6.45, 7) is 3.88. The molecule has 1 fully saturated rings. The topological polar surface area (TPSA) is 50.8 Å². The Morgan fingerprint density at radius 1 is 1.03 bits per heavy atom. The molecule has 0 spiro atoms. The van der Waals surface area contributed by atoms with Gasteiger partial charge in [0, 0.05) is 12.5 Å². The number of para-hydroxylation sites is 2. The summed E-state index contributed by atoms with van der Waals surface area (Å²) in [6, 6.07) is 7.62. The highest BCUT2D eigenvalue weighted by atomic mass is 16.6. The maximum Gasteiger partial charge on any atom is 0.412 e. The molecule has 1 saturated carbocycles. The lowest BCUT2D eigenvalue weighted by Crippen LogP contribution is -2.31. The van der Waals surface area contributed by atoms with Gasteiger partial charge in [0.1, 0.15) is 11.9 Å². The molecule has 1 aliphatic carbocycles.